The molecule has 0 amide bonds. The van der Waals surface area contributed by atoms with Gasteiger partial charge in [0.05, 0.1) is 0 Å². The van der Waals surface area contributed by atoms with E-state index in [4.69, 9.17) is 10.5 Å². The summed E-state index contributed by atoms with van der Waals surface area (Å²) in [6.07, 6.45) is 2.66. The van der Waals surface area contributed by atoms with Gasteiger partial charge in [0, 0.05) is 0 Å². The average Bonchev–Trinajstić information content (AvgIpc) is 1.96. The molecule has 0 saturated heterocycles. The van der Waals surface area contributed by atoms with Crippen molar-refractivity contribution < 1.29 is 9.53 Å². The van der Waals surface area contributed by atoms with Gasteiger partial charge >= 0.3 is 5.97 Å². The Morgan fingerprint density at radius 3 is 2.36 bits per heavy atom. The molecule has 0 unspecified atom stereocenters. The van der Waals surface area contributed by atoms with Crippen LogP contribution in [0.5, 0.6) is 0 Å². The number of thioether (sulfide) groups is 1. The van der Waals surface area contributed by atoms with Gasteiger partial charge in [0.25, 0.3) is 0 Å². The molecule has 0 spiro atoms. The van der Waals surface area contributed by atoms with Gasteiger partial charge in [0.2, 0.25) is 0 Å². The molecule has 0 rings (SSSR count). The highest BCUT2D eigenvalue weighted by molar-refractivity contribution is 7.98. The van der Waals surface area contributed by atoms with Gasteiger partial charge in [-0.3, -0.25) is 4.79 Å². The lowest BCUT2D eigenvalue weighted by molar-refractivity contribution is -0.156. The quantitative estimate of drug-likeness (QED) is 0.763. The van der Waals surface area contributed by atoms with E-state index < -0.39 is 11.6 Å². The number of halogens is 1. The van der Waals surface area contributed by atoms with Crippen LogP contribution in [0.3, 0.4) is 0 Å². The van der Waals surface area contributed by atoms with Crippen molar-refractivity contribution >= 4 is 30.1 Å². The van der Waals surface area contributed by atoms with Crippen LogP contribution < -0.4 is 5.73 Å². The van der Waals surface area contributed by atoms with Crippen molar-refractivity contribution in [2.75, 3.05) is 12.0 Å². The van der Waals surface area contributed by atoms with Crippen molar-refractivity contribution in [3.63, 3.8) is 0 Å². The van der Waals surface area contributed by atoms with E-state index in [1.165, 1.54) is 0 Å². The normalized spacial score (nSPS) is 12.9. The third kappa shape index (κ3) is 8.66. The maximum absolute atomic E-state index is 11.3. The van der Waals surface area contributed by atoms with Crippen molar-refractivity contribution in [2.45, 2.75) is 38.8 Å². The van der Waals surface area contributed by atoms with E-state index >= 15 is 0 Å². The van der Waals surface area contributed by atoms with Crippen LogP contribution in [0.4, 0.5) is 0 Å². The maximum Gasteiger partial charge on any atom is 0.323 e. The Hall–Kier alpha value is 0.0700. The van der Waals surface area contributed by atoms with Crippen LogP contribution in [0.1, 0.15) is 27.2 Å². The zero-order chi connectivity index (χ0) is 10.5. The smallest absolute Gasteiger partial charge is 0.323 e. The molecule has 1 atom stereocenters. The Morgan fingerprint density at radius 2 is 2.00 bits per heavy atom. The number of rotatable bonds is 4. The van der Waals surface area contributed by atoms with Crippen LogP contribution in [0.2, 0.25) is 0 Å². The Balaban J connectivity index is 0. The number of carbonyl (C=O) groups is 1. The third-order valence-electron chi connectivity index (χ3n) is 1.34. The lowest BCUT2D eigenvalue weighted by Crippen LogP contribution is -2.37. The molecule has 86 valence electrons. The third-order valence-corrected chi connectivity index (χ3v) is 1.99. The van der Waals surface area contributed by atoms with Crippen LogP contribution in [0.15, 0.2) is 0 Å². The van der Waals surface area contributed by atoms with Crippen LogP contribution in [-0.4, -0.2) is 29.6 Å². The Morgan fingerprint density at radius 1 is 1.50 bits per heavy atom. The fourth-order valence-electron chi connectivity index (χ4n) is 0.740. The summed E-state index contributed by atoms with van der Waals surface area (Å²) in [5.41, 5.74) is 5.19. The van der Waals surface area contributed by atoms with E-state index in [9.17, 15) is 4.79 Å². The summed E-state index contributed by atoms with van der Waals surface area (Å²) in [6, 6.07) is -0.480. The molecular weight excluding hydrogens is 222 g/mol. The number of nitrogens with two attached hydrogens (primary N) is 1. The van der Waals surface area contributed by atoms with Crippen LogP contribution in [0, 0.1) is 0 Å². The zero-order valence-corrected chi connectivity index (χ0v) is 10.8. The SMILES string of the molecule is CSCC[C@H](N)C(=O)OC(C)(C)C.Cl. The highest BCUT2D eigenvalue weighted by Crippen LogP contribution is 2.09. The summed E-state index contributed by atoms with van der Waals surface area (Å²) in [5, 5.41) is 0. The topological polar surface area (TPSA) is 52.3 Å². The van der Waals surface area contributed by atoms with Gasteiger partial charge in [-0.25, -0.2) is 0 Å². The summed E-state index contributed by atoms with van der Waals surface area (Å²) < 4.78 is 5.12. The Labute approximate surface area is 96.5 Å². The molecule has 0 fully saturated rings. The second kappa shape index (κ2) is 7.37. The Kier molecular flexibility index (Phi) is 8.69. The first-order valence-electron chi connectivity index (χ1n) is 4.34. The summed E-state index contributed by atoms with van der Waals surface area (Å²) in [5.74, 6) is 0.585. The fraction of sp³-hybridized carbons (Fsp3) is 0.889. The largest absolute Gasteiger partial charge is 0.459 e. The van der Waals surface area contributed by atoms with E-state index in [1.807, 2.05) is 27.0 Å². The molecule has 2 N–H and O–H groups in total. The van der Waals surface area contributed by atoms with E-state index in [1.54, 1.807) is 11.8 Å². The van der Waals surface area contributed by atoms with Gasteiger partial charge in [-0.1, -0.05) is 0 Å². The molecule has 0 aromatic carbocycles. The number of hydrogen-bond acceptors (Lipinski definition) is 4. The molecular formula is C9H20ClNO2S. The molecule has 0 aliphatic carbocycles. The summed E-state index contributed by atoms with van der Waals surface area (Å²) in [4.78, 5) is 11.3. The van der Waals surface area contributed by atoms with Gasteiger partial charge < -0.3 is 10.5 Å². The molecule has 0 radical (unpaired) electrons. The second-order valence-electron chi connectivity index (χ2n) is 3.92. The highest BCUT2D eigenvalue weighted by Gasteiger charge is 2.21. The summed E-state index contributed by atoms with van der Waals surface area (Å²) in [7, 11) is 0. The fourth-order valence-corrected chi connectivity index (χ4v) is 1.23. The number of hydrogen-bond donors (Lipinski definition) is 1. The lowest BCUT2D eigenvalue weighted by atomic mass is 10.2. The molecule has 14 heavy (non-hydrogen) atoms. The van der Waals surface area contributed by atoms with Crippen molar-refractivity contribution in [3.8, 4) is 0 Å². The molecule has 0 aliphatic rings. The number of carbonyl (C=O) groups excluding carboxylic acids is 1. The van der Waals surface area contributed by atoms with E-state index in [-0.39, 0.29) is 18.4 Å². The van der Waals surface area contributed by atoms with Crippen molar-refractivity contribution in [1.82, 2.24) is 0 Å². The molecule has 3 nitrogen and oxygen atoms in total. The van der Waals surface area contributed by atoms with Crippen molar-refractivity contribution in [1.29, 1.82) is 0 Å². The van der Waals surface area contributed by atoms with Crippen LogP contribution >= 0.6 is 24.2 Å². The molecule has 0 aliphatic heterocycles. The average molecular weight is 242 g/mol. The molecule has 0 heterocycles. The summed E-state index contributed by atoms with van der Waals surface area (Å²) >= 11 is 1.68. The number of ether oxygens (including phenoxy) is 1. The van der Waals surface area contributed by atoms with E-state index in [0.717, 1.165) is 5.75 Å². The minimum absolute atomic E-state index is 0. The standard InChI is InChI=1S/C9H19NO2S.ClH/c1-9(2,3)12-8(11)7(10)5-6-13-4;/h7H,5-6,10H2,1-4H3;1H/t7-;/m0./s1. The van der Waals surface area contributed by atoms with E-state index in [2.05, 4.69) is 0 Å². The highest BCUT2D eigenvalue weighted by atomic mass is 35.5. The van der Waals surface area contributed by atoms with Gasteiger partial charge in [-0.15, -0.1) is 12.4 Å². The molecule has 0 bridgehead atoms. The maximum atomic E-state index is 11.3. The lowest BCUT2D eigenvalue weighted by Gasteiger charge is -2.21. The van der Waals surface area contributed by atoms with Crippen LogP contribution in [-0.2, 0) is 9.53 Å². The summed E-state index contributed by atoms with van der Waals surface area (Å²) in [6.45, 7) is 5.52. The second-order valence-corrected chi connectivity index (χ2v) is 4.91. The first kappa shape index (κ1) is 16.5. The minimum atomic E-state index is -0.480. The van der Waals surface area contributed by atoms with Gasteiger partial charge in [-0.2, -0.15) is 11.8 Å². The monoisotopic (exact) mass is 241 g/mol. The zero-order valence-electron chi connectivity index (χ0n) is 9.20. The van der Waals surface area contributed by atoms with Crippen LogP contribution in [0.25, 0.3) is 0 Å². The first-order valence-corrected chi connectivity index (χ1v) is 5.73. The molecule has 0 saturated carbocycles. The molecule has 0 aromatic heterocycles. The molecule has 5 heteroatoms. The van der Waals surface area contributed by atoms with Gasteiger partial charge in [0.15, 0.2) is 0 Å². The number of esters is 1. The predicted octanol–water partition coefficient (Wildman–Crippen LogP) is 1.83. The van der Waals surface area contributed by atoms with Gasteiger partial charge in [0.1, 0.15) is 11.6 Å². The van der Waals surface area contributed by atoms with Gasteiger partial charge in [-0.05, 0) is 39.2 Å². The van der Waals surface area contributed by atoms with E-state index in [0.29, 0.717) is 6.42 Å². The van der Waals surface area contributed by atoms with Crippen molar-refractivity contribution in [3.05, 3.63) is 0 Å². The predicted molar refractivity (Wildman–Crippen MR) is 64.1 cm³/mol. The minimum Gasteiger partial charge on any atom is -0.459 e. The van der Waals surface area contributed by atoms with Crippen molar-refractivity contribution in [2.24, 2.45) is 5.73 Å². The first-order chi connectivity index (χ1) is 5.87. The Bertz CT molecular complexity index is 171. The molecule has 0 aromatic rings.